The van der Waals surface area contributed by atoms with Crippen LogP contribution in [0.4, 0.5) is 0 Å². The Morgan fingerprint density at radius 2 is 2.05 bits per heavy atom. The van der Waals surface area contributed by atoms with Gasteiger partial charge < -0.3 is 10.0 Å². The molecule has 2 aliphatic heterocycles. The summed E-state index contributed by atoms with van der Waals surface area (Å²) in [5.74, 6) is 0.456. The number of carbonyl (C=O) groups excluding carboxylic acids is 1. The number of thioether (sulfide) groups is 1. The minimum atomic E-state index is -0.735. The van der Waals surface area contributed by atoms with Crippen molar-refractivity contribution in [1.29, 1.82) is 0 Å². The van der Waals surface area contributed by atoms with Crippen LogP contribution in [0, 0.1) is 5.41 Å². The number of amides is 1. The molecule has 2 aliphatic rings. The van der Waals surface area contributed by atoms with E-state index in [4.69, 9.17) is 0 Å². The van der Waals surface area contributed by atoms with Crippen molar-refractivity contribution in [1.82, 2.24) is 4.90 Å². The molecule has 4 nitrogen and oxygen atoms in total. The summed E-state index contributed by atoms with van der Waals surface area (Å²) < 4.78 is -0.326. The van der Waals surface area contributed by atoms with Crippen LogP contribution in [0.1, 0.15) is 52.4 Å². The van der Waals surface area contributed by atoms with Gasteiger partial charge in [0.1, 0.15) is 0 Å². The van der Waals surface area contributed by atoms with E-state index in [9.17, 15) is 14.7 Å². The average Bonchev–Trinajstić information content (AvgIpc) is 2.86. The van der Waals surface area contributed by atoms with Gasteiger partial charge in [-0.25, -0.2) is 0 Å². The lowest BCUT2D eigenvalue weighted by Crippen LogP contribution is -2.54. The Bertz CT molecular complexity index is 389. The fourth-order valence-corrected chi connectivity index (χ4v) is 4.83. The van der Waals surface area contributed by atoms with E-state index in [0.29, 0.717) is 25.9 Å². The summed E-state index contributed by atoms with van der Waals surface area (Å²) >= 11 is 1.73. The molecule has 2 atom stereocenters. The zero-order valence-electron chi connectivity index (χ0n) is 12.5. The highest BCUT2D eigenvalue weighted by atomic mass is 32.2. The standard InChI is InChI=1S/C15H25NO3S/c1-3-6-15(13(18)19)8-4-9-16(11-15)12(17)14(2)7-5-10-20-14/h3-11H2,1-2H3,(H,18,19). The number of carboxylic acid groups (broad SMARTS) is 1. The third-order valence-electron chi connectivity index (χ3n) is 4.72. The van der Waals surface area contributed by atoms with E-state index in [1.165, 1.54) is 0 Å². The van der Waals surface area contributed by atoms with Crippen molar-refractivity contribution in [2.45, 2.75) is 57.1 Å². The second-order valence-electron chi connectivity index (χ2n) is 6.35. The lowest BCUT2D eigenvalue weighted by molar-refractivity contribution is -0.156. The average molecular weight is 299 g/mol. The molecule has 20 heavy (non-hydrogen) atoms. The molecule has 5 heteroatoms. The predicted molar refractivity (Wildman–Crippen MR) is 80.9 cm³/mol. The Labute approximate surface area is 125 Å². The van der Waals surface area contributed by atoms with Crippen molar-refractivity contribution < 1.29 is 14.7 Å². The maximum absolute atomic E-state index is 12.7. The summed E-state index contributed by atoms with van der Waals surface area (Å²) in [4.78, 5) is 26.3. The number of hydrogen-bond acceptors (Lipinski definition) is 3. The second kappa shape index (κ2) is 5.96. The predicted octanol–water partition coefficient (Wildman–Crippen LogP) is 2.77. The molecular formula is C15H25NO3S. The molecule has 2 fully saturated rings. The van der Waals surface area contributed by atoms with Gasteiger partial charge in [0.25, 0.3) is 0 Å². The van der Waals surface area contributed by atoms with Gasteiger partial charge in [-0.1, -0.05) is 13.3 Å². The fourth-order valence-electron chi connectivity index (χ4n) is 3.55. The second-order valence-corrected chi connectivity index (χ2v) is 7.95. The Morgan fingerprint density at radius 3 is 2.60 bits per heavy atom. The number of nitrogens with zero attached hydrogens (tertiary/aromatic N) is 1. The van der Waals surface area contributed by atoms with E-state index >= 15 is 0 Å². The van der Waals surface area contributed by atoms with Crippen molar-refractivity contribution in [3.05, 3.63) is 0 Å². The highest BCUT2D eigenvalue weighted by molar-refractivity contribution is 8.01. The number of likely N-dealkylation sites (tertiary alicyclic amines) is 1. The zero-order chi connectivity index (χ0) is 14.8. The number of hydrogen-bond donors (Lipinski definition) is 1. The van der Waals surface area contributed by atoms with Crippen LogP contribution in [-0.2, 0) is 9.59 Å². The summed E-state index contributed by atoms with van der Waals surface area (Å²) in [6, 6.07) is 0. The van der Waals surface area contributed by atoms with Crippen molar-refractivity contribution >= 4 is 23.6 Å². The third-order valence-corrected chi connectivity index (χ3v) is 6.23. The van der Waals surface area contributed by atoms with Crippen LogP contribution < -0.4 is 0 Å². The van der Waals surface area contributed by atoms with Crippen LogP contribution in [0.25, 0.3) is 0 Å². The third kappa shape index (κ3) is 2.83. The van der Waals surface area contributed by atoms with Gasteiger partial charge in [-0.2, -0.15) is 0 Å². The minimum Gasteiger partial charge on any atom is -0.481 e. The lowest BCUT2D eigenvalue weighted by atomic mass is 9.76. The van der Waals surface area contributed by atoms with Crippen molar-refractivity contribution in [3.63, 3.8) is 0 Å². The Morgan fingerprint density at radius 1 is 1.30 bits per heavy atom. The van der Waals surface area contributed by atoms with Gasteiger partial charge in [0.05, 0.1) is 10.2 Å². The van der Waals surface area contributed by atoms with E-state index in [2.05, 4.69) is 0 Å². The molecule has 2 heterocycles. The largest absolute Gasteiger partial charge is 0.481 e. The molecule has 1 amide bonds. The smallest absolute Gasteiger partial charge is 0.311 e. The summed E-state index contributed by atoms with van der Waals surface area (Å²) in [7, 11) is 0. The first kappa shape index (κ1) is 15.7. The Balaban J connectivity index is 2.13. The highest BCUT2D eigenvalue weighted by Gasteiger charge is 2.47. The molecule has 0 aromatic carbocycles. The molecule has 0 radical (unpaired) electrons. The molecule has 0 saturated carbocycles. The normalized spacial score (nSPS) is 34.2. The SMILES string of the molecule is CCCC1(C(=O)O)CCCN(C(=O)C2(C)CCCS2)C1. The van der Waals surface area contributed by atoms with Gasteiger partial charge in [0.2, 0.25) is 5.91 Å². The van der Waals surface area contributed by atoms with Crippen molar-refractivity contribution in [2.75, 3.05) is 18.8 Å². The summed E-state index contributed by atoms with van der Waals surface area (Å²) in [5, 5.41) is 9.61. The minimum absolute atomic E-state index is 0.154. The van der Waals surface area contributed by atoms with E-state index in [0.717, 1.165) is 31.4 Å². The first-order chi connectivity index (χ1) is 9.43. The van der Waals surface area contributed by atoms with Gasteiger partial charge in [0.15, 0.2) is 0 Å². The van der Waals surface area contributed by atoms with Crippen molar-refractivity contribution in [3.8, 4) is 0 Å². The molecule has 2 saturated heterocycles. The molecule has 0 bridgehead atoms. The van der Waals surface area contributed by atoms with Gasteiger partial charge in [-0.3, -0.25) is 9.59 Å². The van der Waals surface area contributed by atoms with Gasteiger partial charge in [0, 0.05) is 13.1 Å². The van der Waals surface area contributed by atoms with Gasteiger partial charge in [-0.05, 0) is 44.8 Å². The molecule has 0 spiro atoms. The van der Waals surface area contributed by atoms with Crippen LogP contribution >= 0.6 is 11.8 Å². The number of carbonyl (C=O) groups is 2. The topological polar surface area (TPSA) is 57.6 Å². The first-order valence-corrected chi connectivity index (χ1v) is 8.59. The molecule has 2 rings (SSSR count). The van der Waals surface area contributed by atoms with Crippen molar-refractivity contribution in [2.24, 2.45) is 5.41 Å². The van der Waals surface area contributed by atoms with Crippen LogP contribution in [0.3, 0.4) is 0 Å². The van der Waals surface area contributed by atoms with Crippen LogP contribution in [0.5, 0.6) is 0 Å². The lowest BCUT2D eigenvalue weighted by Gasteiger charge is -2.42. The molecule has 0 aromatic rings. The maximum atomic E-state index is 12.7. The Kier molecular flexibility index (Phi) is 4.67. The Hall–Kier alpha value is -0.710. The molecule has 0 aliphatic carbocycles. The number of aliphatic carboxylic acids is 1. The summed E-state index contributed by atoms with van der Waals surface area (Å²) in [6.45, 7) is 5.14. The molecule has 2 unspecified atom stereocenters. The van der Waals surface area contributed by atoms with E-state index in [-0.39, 0.29) is 10.7 Å². The molecular weight excluding hydrogens is 274 g/mol. The first-order valence-electron chi connectivity index (χ1n) is 7.60. The monoisotopic (exact) mass is 299 g/mol. The fraction of sp³-hybridized carbons (Fsp3) is 0.867. The molecule has 114 valence electrons. The van der Waals surface area contributed by atoms with Crippen LogP contribution in [0.2, 0.25) is 0 Å². The summed E-state index contributed by atoms with van der Waals surface area (Å²) in [6.07, 6.45) is 5.01. The van der Waals surface area contributed by atoms with E-state index < -0.39 is 11.4 Å². The maximum Gasteiger partial charge on any atom is 0.311 e. The number of rotatable bonds is 4. The highest BCUT2D eigenvalue weighted by Crippen LogP contribution is 2.42. The summed E-state index contributed by atoms with van der Waals surface area (Å²) in [5.41, 5.74) is -0.720. The van der Waals surface area contributed by atoms with Gasteiger partial charge in [-0.15, -0.1) is 11.8 Å². The molecule has 0 aromatic heterocycles. The zero-order valence-corrected chi connectivity index (χ0v) is 13.3. The van der Waals surface area contributed by atoms with E-state index in [1.807, 2.05) is 18.7 Å². The van der Waals surface area contributed by atoms with Crippen LogP contribution in [0.15, 0.2) is 0 Å². The number of carboxylic acids is 1. The molecule has 1 N–H and O–H groups in total. The van der Waals surface area contributed by atoms with Gasteiger partial charge >= 0.3 is 5.97 Å². The van der Waals surface area contributed by atoms with E-state index in [1.54, 1.807) is 11.8 Å². The number of piperidine rings is 1. The van der Waals surface area contributed by atoms with Crippen LogP contribution in [-0.4, -0.2) is 45.5 Å². The quantitative estimate of drug-likeness (QED) is 0.867.